The Morgan fingerprint density at radius 3 is 2.94 bits per heavy atom. The van der Waals surface area contributed by atoms with Crippen LogP contribution in [-0.2, 0) is 0 Å². The molecule has 4 heteroatoms. The molecule has 0 bridgehead atoms. The first kappa shape index (κ1) is 11.8. The van der Waals surface area contributed by atoms with Gasteiger partial charge in [-0.05, 0) is 37.6 Å². The molecule has 1 unspecified atom stereocenters. The Morgan fingerprint density at radius 2 is 2.22 bits per heavy atom. The first-order valence-electron chi connectivity index (χ1n) is 6.27. The second kappa shape index (κ2) is 4.75. The Labute approximate surface area is 112 Å². The van der Waals surface area contributed by atoms with Gasteiger partial charge in [0.15, 0.2) is 0 Å². The van der Waals surface area contributed by atoms with Crippen LogP contribution in [0.1, 0.15) is 23.6 Å². The van der Waals surface area contributed by atoms with E-state index >= 15 is 0 Å². The topological polar surface area (TPSA) is 29.9 Å². The van der Waals surface area contributed by atoms with Gasteiger partial charge >= 0.3 is 0 Å². The van der Waals surface area contributed by atoms with Crippen molar-refractivity contribution >= 4 is 11.6 Å². The maximum absolute atomic E-state index is 6.23. The van der Waals surface area contributed by atoms with Gasteiger partial charge in [-0.1, -0.05) is 23.7 Å². The maximum atomic E-state index is 6.23. The van der Waals surface area contributed by atoms with Crippen molar-refractivity contribution in [2.45, 2.75) is 19.3 Å². The highest BCUT2D eigenvalue weighted by molar-refractivity contribution is 6.32. The molecule has 1 aliphatic heterocycles. The van der Waals surface area contributed by atoms with Crippen molar-refractivity contribution < 1.29 is 0 Å². The lowest BCUT2D eigenvalue weighted by Crippen LogP contribution is -2.08. The third-order valence-corrected chi connectivity index (χ3v) is 3.95. The Kier molecular flexibility index (Phi) is 3.10. The van der Waals surface area contributed by atoms with Gasteiger partial charge in [0.1, 0.15) is 0 Å². The predicted molar refractivity (Wildman–Crippen MR) is 73.5 cm³/mol. The molecule has 1 fully saturated rings. The average Bonchev–Trinajstić information content (AvgIpc) is 2.99. The van der Waals surface area contributed by atoms with Gasteiger partial charge in [-0.3, -0.25) is 0 Å². The van der Waals surface area contributed by atoms with Crippen molar-refractivity contribution in [2.75, 3.05) is 13.1 Å². The lowest BCUT2D eigenvalue weighted by atomic mass is 9.99. The van der Waals surface area contributed by atoms with E-state index in [0.717, 1.165) is 23.8 Å². The van der Waals surface area contributed by atoms with Crippen LogP contribution in [0.5, 0.6) is 0 Å². The van der Waals surface area contributed by atoms with E-state index in [4.69, 9.17) is 11.6 Å². The second-order valence-corrected chi connectivity index (χ2v) is 5.15. The van der Waals surface area contributed by atoms with Crippen LogP contribution in [0.15, 0.2) is 30.5 Å². The molecule has 3 rings (SSSR count). The summed E-state index contributed by atoms with van der Waals surface area (Å²) < 4.78 is 1.94. The molecule has 94 valence electrons. The fourth-order valence-electron chi connectivity index (χ4n) is 2.61. The maximum Gasteiger partial charge on any atom is 0.0834 e. The van der Waals surface area contributed by atoms with Crippen LogP contribution in [0.3, 0.4) is 0 Å². The van der Waals surface area contributed by atoms with Gasteiger partial charge < -0.3 is 5.32 Å². The number of para-hydroxylation sites is 1. The number of hydrogen-bond acceptors (Lipinski definition) is 2. The van der Waals surface area contributed by atoms with Crippen LogP contribution < -0.4 is 5.32 Å². The van der Waals surface area contributed by atoms with Crippen molar-refractivity contribution in [1.29, 1.82) is 0 Å². The van der Waals surface area contributed by atoms with E-state index in [9.17, 15) is 0 Å². The molecule has 18 heavy (non-hydrogen) atoms. The van der Waals surface area contributed by atoms with Gasteiger partial charge in [-0.25, -0.2) is 4.68 Å². The minimum atomic E-state index is 0.584. The quantitative estimate of drug-likeness (QED) is 0.901. The standard InChI is InChI=1S/C14H16ClN3/c1-10-12(11-6-7-16-8-11)9-17-18(10)14-5-3-2-4-13(14)15/h2-5,9,11,16H,6-8H2,1H3. The number of nitrogens with one attached hydrogen (secondary N) is 1. The summed E-state index contributed by atoms with van der Waals surface area (Å²) in [6.07, 6.45) is 3.17. The summed E-state index contributed by atoms with van der Waals surface area (Å²) in [5, 5.41) is 8.63. The number of halogens is 1. The molecule has 1 atom stereocenters. The van der Waals surface area contributed by atoms with Gasteiger partial charge in [0.25, 0.3) is 0 Å². The summed E-state index contributed by atoms with van der Waals surface area (Å²) in [4.78, 5) is 0. The highest BCUT2D eigenvalue weighted by Gasteiger charge is 2.21. The summed E-state index contributed by atoms with van der Waals surface area (Å²) in [7, 11) is 0. The van der Waals surface area contributed by atoms with Crippen molar-refractivity contribution in [3.05, 3.63) is 46.7 Å². The minimum Gasteiger partial charge on any atom is -0.316 e. The van der Waals surface area contributed by atoms with Crippen LogP contribution >= 0.6 is 11.6 Å². The summed E-state index contributed by atoms with van der Waals surface area (Å²) in [5.74, 6) is 0.584. The Hall–Kier alpha value is -1.32. The van der Waals surface area contributed by atoms with Crippen molar-refractivity contribution in [3.8, 4) is 5.69 Å². The van der Waals surface area contributed by atoms with Crippen LogP contribution in [0.2, 0.25) is 5.02 Å². The lowest BCUT2D eigenvalue weighted by molar-refractivity contribution is 0.752. The van der Waals surface area contributed by atoms with E-state index in [0.29, 0.717) is 5.92 Å². The van der Waals surface area contributed by atoms with Crippen molar-refractivity contribution in [2.24, 2.45) is 0 Å². The van der Waals surface area contributed by atoms with Crippen LogP contribution in [0.4, 0.5) is 0 Å². The molecule has 1 saturated heterocycles. The number of benzene rings is 1. The molecule has 0 amide bonds. The van der Waals surface area contributed by atoms with Gasteiger partial charge in [0, 0.05) is 18.2 Å². The molecule has 0 radical (unpaired) electrons. The molecule has 2 heterocycles. The molecule has 1 N–H and O–H groups in total. The first-order chi connectivity index (χ1) is 8.77. The number of nitrogens with zero attached hydrogens (tertiary/aromatic N) is 2. The molecule has 2 aromatic rings. The van der Waals surface area contributed by atoms with Crippen LogP contribution in [-0.4, -0.2) is 22.9 Å². The zero-order valence-corrected chi connectivity index (χ0v) is 11.1. The molecule has 1 aliphatic rings. The smallest absolute Gasteiger partial charge is 0.0834 e. The largest absolute Gasteiger partial charge is 0.316 e. The SMILES string of the molecule is Cc1c(C2CCNC2)cnn1-c1ccccc1Cl. The Balaban J connectivity index is 2.02. The Morgan fingerprint density at radius 1 is 1.39 bits per heavy atom. The zero-order valence-electron chi connectivity index (χ0n) is 10.4. The van der Waals surface area contributed by atoms with Crippen molar-refractivity contribution in [3.63, 3.8) is 0 Å². The fraction of sp³-hybridized carbons (Fsp3) is 0.357. The average molecular weight is 262 g/mol. The molecule has 0 spiro atoms. The van der Waals surface area contributed by atoms with Gasteiger partial charge in [0.2, 0.25) is 0 Å². The molecule has 0 saturated carbocycles. The highest BCUT2D eigenvalue weighted by atomic mass is 35.5. The van der Waals surface area contributed by atoms with Crippen LogP contribution in [0, 0.1) is 6.92 Å². The molecule has 1 aromatic heterocycles. The number of aromatic nitrogens is 2. The summed E-state index contributed by atoms with van der Waals surface area (Å²) in [5.41, 5.74) is 3.48. The second-order valence-electron chi connectivity index (χ2n) is 4.74. The lowest BCUT2D eigenvalue weighted by Gasteiger charge is -2.10. The van der Waals surface area contributed by atoms with E-state index in [2.05, 4.69) is 17.3 Å². The Bertz CT molecular complexity index is 556. The van der Waals surface area contributed by atoms with Gasteiger partial charge in [-0.15, -0.1) is 0 Å². The zero-order chi connectivity index (χ0) is 12.5. The fourth-order valence-corrected chi connectivity index (χ4v) is 2.83. The van der Waals surface area contributed by atoms with E-state index in [1.165, 1.54) is 17.7 Å². The summed E-state index contributed by atoms with van der Waals surface area (Å²) in [6, 6.07) is 7.82. The van der Waals surface area contributed by atoms with E-state index in [1.807, 2.05) is 35.1 Å². The summed E-state index contributed by atoms with van der Waals surface area (Å²) >= 11 is 6.23. The predicted octanol–water partition coefficient (Wildman–Crippen LogP) is 2.91. The minimum absolute atomic E-state index is 0.584. The molecule has 3 nitrogen and oxygen atoms in total. The third-order valence-electron chi connectivity index (χ3n) is 3.63. The molecule has 0 aliphatic carbocycles. The number of hydrogen-bond donors (Lipinski definition) is 1. The normalized spacial score (nSPS) is 19.3. The monoisotopic (exact) mass is 261 g/mol. The van der Waals surface area contributed by atoms with Crippen molar-refractivity contribution in [1.82, 2.24) is 15.1 Å². The van der Waals surface area contributed by atoms with E-state index in [-0.39, 0.29) is 0 Å². The first-order valence-corrected chi connectivity index (χ1v) is 6.65. The van der Waals surface area contributed by atoms with E-state index in [1.54, 1.807) is 0 Å². The molecular formula is C14H16ClN3. The molecule has 1 aromatic carbocycles. The van der Waals surface area contributed by atoms with Crippen LogP contribution in [0.25, 0.3) is 5.69 Å². The molecular weight excluding hydrogens is 246 g/mol. The summed E-state index contributed by atoms with van der Waals surface area (Å²) in [6.45, 7) is 4.26. The third kappa shape index (κ3) is 1.93. The number of rotatable bonds is 2. The highest BCUT2D eigenvalue weighted by Crippen LogP contribution is 2.28. The van der Waals surface area contributed by atoms with Gasteiger partial charge in [0.05, 0.1) is 16.9 Å². The van der Waals surface area contributed by atoms with Gasteiger partial charge in [-0.2, -0.15) is 5.10 Å². The van der Waals surface area contributed by atoms with E-state index < -0.39 is 0 Å².